The Kier molecular flexibility index (Phi) is 14.8. The Bertz CT molecular complexity index is 299. The van der Waals surface area contributed by atoms with Crippen LogP contribution < -0.4 is 0 Å². The molecule has 1 aromatic rings. The first-order chi connectivity index (χ1) is 9.04. The van der Waals surface area contributed by atoms with E-state index in [1.54, 1.807) is 0 Å². The third kappa shape index (κ3) is 10.8. The predicted octanol–water partition coefficient (Wildman–Crippen LogP) is 6.72. The van der Waals surface area contributed by atoms with E-state index in [1.807, 2.05) is 13.8 Å². The maximum Gasteiger partial charge on any atom is -0.0250 e. The number of benzene rings is 1. The van der Waals surface area contributed by atoms with Crippen molar-refractivity contribution in [2.75, 3.05) is 0 Å². The summed E-state index contributed by atoms with van der Waals surface area (Å²) in [7, 11) is 0. The molecule has 0 saturated heterocycles. The molecule has 0 bridgehead atoms. The number of hydrogen-bond donors (Lipinski definition) is 0. The van der Waals surface area contributed by atoms with E-state index in [9.17, 15) is 0 Å². The van der Waals surface area contributed by atoms with E-state index in [-0.39, 0.29) is 0 Å². The van der Waals surface area contributed by atoms with Gasteiger partial charge in [-0.05, 0) is 37.3 Å². The number of aryl methyl sites for hydroxylation is 2. The van der Waals surface area contributed by atoms with E-state index in [0.29, 0.717) is 0 Å². The lowest BCUT2D eigenvalue weighted by molar-refractivity contribution is 0.521. The van der Waals surface area contributed by atoms with Gasteiger partial charge in [-0.2, -0.15) is 0 Å². The van der Waals surface area contributed by atoms with Crippen LogP contribution in [0.3, 0.4) is 0 Å². The summed E-state index contributed by atoms with van der Waals surface area (Å²) >= 11 is 0. The minimum Gasteiger partial charge on any atom is -0.0683 e. The molecule has 1 atom stereocenters. The lowest BCUT2D eigenvalue weighted by Gasteiger charge is -2.12. The maximum absolute atomic E-state index is 2.35. The highest BCUT2D eigenvalue weighted by atomic mass is 14.1. The smallest absolute Gasteiger partial charge is 0.0250 e. The summed E-state index contributed by atoms with van der Waals surface area (Å²) in [6, 6.07) is 6.77. The van der Waals surface area contributed by atoms with Gasteiger partial charge in [0.25, 0.3) is 0 Å². The van der Waals surface area contributed by atoms with Gasteiger partial charge in [-0.1, -0.05) is 84.6 Å². The summed E-state index contributed by atoms with van der Waals surface area (Å²) in [4.78, 5) is 0. The molecule has 0 saturated carbocycles. The van der Waals surface area contributed by atoms with E-state index in [2.05, 4.69) is 59.7 Å². The molecule has 1 unspecified atom stereocenters. The Morgan fingerprint density at radius 1 is 1.00 bits per heavy atom. The Balaban J connectivity index is 0. The second-order valence-corrected chi connectivity index (χ2v) is 5.24. The Labute approximate surface area is 122 Å². The summed E-state index contributed by atoms with van der Waals surface area (Å²) in [6.07, 6.45) is 5.13. The van der Waals surface area contributed by atoms with E-state index in [1.165, 1.54) is 42.4 Å². The summed E-state index contributed by atoms with van der Waals surface area (Å²) in [5, 5.41) is 0. The second-order valence-electron chi connectivity index (χ2n) is 5.24. The van der Waals surface area contributed by atoms with Crippen molar-refractivity contribution in [3.63, 3.8) is 0 Å². The molecule has 0 aliphatic rings. The molecule has 0 radical (unpaired) electrons. The molecule has 112 valence electrons. The molecular weight excluding hydrogens is 228 g/mol. The topological polar surface area (TPSA) is 0 Å². The highest BCUT2D eigenvalue weighted by Crippen LogP contribution is 2.17. The molecule has 19 heavy (non-hydrogen) atoms. The molecule has 0 heteroatoms. The van der Waals surface area contributed by atoms with Gasteiger partial charge in [-0.15, -0.1) is 0 Å². The fourth-order valence-corrected chi connectivity index (χ4v) is 1.99. The zero-order valence-corrected chi connectivity index (χ0v) is 14.6. The molecule has 0 nitrogen and oxygen atoms in total. The fraction of sp³-hybridized carbons (Fsp3) is 0.684. The van der Waals surface area contributed by atoms with E-state index >= 15 is 0 Å². The predicted molar refractivity (Wildman–Crippen MR) is 91.0 cm³/mol. The molecule has 0 spiro atoms. The van der Waals surface area contributed by atoms with Crippen molar-refractivity contribution >= 4 is 0 Å². The van der Waals surface area contributed by atoms with Crippen LogP contribution in [0.25, 0.3) is 0 Å². The minimum atomic E-state index is 0.820. The van der Waals surface area contributed by atoms with Gasteiger partial charge < -0.3 is 0 Å². The van der Waals surface area contributed by atoms with E-state index in [4.69, 9.17) is 0 Å². The average molecular weight is 264 g/mol. The molecule has 0 aromatic heterocycles. The highest BCUT2D eigenvalue weighted by molar-refractivity contribution is 5.30. The summed E-state index contributed by atoms with van der Waals surface area (Å²) in [6.45, 7) is 17.3. The summed E-state index contributed by atoms with van der Waals surface area (Å²) < 4.78 is 0. The molecular formula is C19H36. The van der Waals surface area contributed by atoms with Crippen LogP contribution >= 0.6 is 0 Å². The van der Waals surface area contributed by atoms with Gasteiger partial charge in [0.1, 0.15) is 0 Å². The van der Waals surface area contributed by atoms with Crippen LogP contribution in [0.2, 0.25) is 0 Å². The maximum atomic E-state index is 2.35. The van der Waals surface area contributed by atoms with Crippen LogP contribution in [0, 0.1) is 19.8 Å². The average Bonchev–Trinajstić information content (AvgIpc) is 2.37. The molecule has 0 aliphatic carbocycles. The Hall–Kier alpha value is -0.780. The highest BCUT2D eigenvalue weighted by Gasteiger charge is 2.04. The van der Waals surface area contributed by atoms with Gasteiger partial charge >= 0.3 is 0 Å². The minimum absolute atomic E-state index is 0.820. The van der Waals surface area contributed by atoms with Crippen molar-refractivity contribution in [1.29, 1.82) is 0 Å². The normalized spacial score (nSPS) is 10.7. The summed E-state index contributed by atoms with van der Waals surface area (Å²) in [5.74, 6) is 0.820. The fourth-order valence-electron chi connectivity index (χ4n) is 1.99. The first-order valence-corrected chi connectivity index (χ1v) is 8.11. The molecule has 0 aliphatic heterocycles. The quantitative estimate of drug-likeness (QED) is 0.566. The largest absolute Gasteiger partial charge is 0.0683 e. The van der Waals surface area contributed by atoms with Crippen molar-refractivity contribution in [2.45, 2.75) is 81.1 Å². The second kappa shape index (κ2) is 13.6. The van der Waals surface area contributed by atoms with Gasteiger partial charge in [0.15, 0.2) is 0 Å². The number of rotatable bonds is 4. The van der Waals surface area contributed by atoms with Crippen molar-refractivity contribution in [3.05, 3.63) is 34.9 Å². The zero-order chi connectivity index (χ0) is 15.3. The van der Waals surface area contributed by atoms with Gasteiger partial charge in [-0.25, -0.2) is 0 Å². The van der Waals surface area contributed by atoms with Crippen molar-refractivity contribution in [1.82, 2.24) is 0 Å². The SMILES string of the molecule is CC.CCC.CCCC(C)Cc1cc(C)ccc1C. The Morgan fingerprint density at radius 3 is 2.00 bits per heavy atom. The third-order valence-corrected chi connectivity index (χ3v) is 2.85. The van der Waals surface area contributed by atoms with Crippen LogP contribution in [0.5, 0.6) is 0 Å². The van der Waals surface area contributed by atoms with Crippen molar-refractivity contribution in [3.8, 4) is 0 Å². The standard InChI is InChI=1S/C14H22.C3H8.C2H6/c1-5-6-11(2)9-14-10-12(3)7-8-13(14)4;1-3-2;1-2/h7-8,10-11H,5-6,9H2,1-4H3;3H2,1-2H3;1-2H3. The van der Waals surface area contributed by atoms with Crippen LogP contribution in [0.15, 0.2) is 18.2 Å². The van der Waals surface area contributed by atoms with Crippen molar-refractivity contribution < 1.29 is 0 Å². The first kappa shape index (κ1) is 20.5. The summed E-state index contributed by atoms with van der Waals surface area (Å²) in [5.41, 5.74) is 4.36. The number of hydrogen-bond acceptors (Lipinski definition) is 0. The zero-order valence-electron chi connectivity index (χ0n) is 14.6. The van der Waals surface area contributed by atoms with Crippen molar-refractivity contribution in [2.24, 2.45) is 5.92 Å². The van der Waals surface area contributed by atoms with Gasteiger partial charge in [0, 0.05) is 0 Å². The molecule has 1 rings (SSSR count). The van der Waals surface area contributed by atoms with Crippen LogP contribution in [-0.4, -0.2) is 0 Å². The Morgan fingerprint density at radius 2 is 1.53 bits per heavy atom. The molecule has 0 heterocycles. The molecule has 0 fully saturated rings. The first-order valence-electron chi connectivity index (χ1n) is 8.11. The van der Waals surface area contributed by atoms with Crippen LogP contribution in [0.4, 0.5) is 0 Å². The van der Waals surface area contributed by atoms with Gasteiger partial charge in [-0.3, -0.25) is 0 Å². The van der Waals surface area contributed by atoms with E-state index in [0.717, 1.165) is 5.92 Å². The van der Waals surface area contributed by atoms with Crippen LogP contribution in [0.1, 0.15) is 77.5 Å². The van der Waals surface area contributed by atoms with Gasteiger partial charge in [0.05, 0.1) is 0 Å². The van der Waals surface area contributed by atoms with Crippen LogP contribution in [-0.2, 0) is 6.42 Å². The molecule has 0 amide bonds. The monoisotopic (exact) mass is 264 g/mol. The lowest BCUT2D eigenvalue weighted by Crippen LogP contribution is -2.01. The third-order valence-electron chi connectivity index (χ3n) is 2.85. The molecule has 1 aromatic carbocycles. The van der Waals surface area contributed by atoms with Gasteiger partial charge in [0.2, 0.25) is 0 Å². The molecule has 0 N–H and O–H groups in total. The van der Waals surface area contributed by atoms with E-state index < -0.39 is 0 Å². The lowest BCUT2D eigenvalue weighted by atomic mass is 9.93.